The predicted octanol–water partition coefficient (Wildman–Crippen LogP) is 3.11. The summed E-state index contributed by atoms with van der Waals surface area (Å²) in [5, 5.41) is 13.8. The molecule has 3 heterocycles. The number of ether oxygens (including phenoxy) is 1. The van der Waals surface area contributed by atoms with E-state index < -0.39 is 0 Å². The number of aromatic nitrogens is 2. The van der Waals surface area contributed by atoms with Crippen LogP contribution in [0.1, 0.15) is 39.5 Å². The predicted molar refractivity (Wildman–Crippen MR) is 106 cm³/mol. The number of fused-ring (bicyclic) bond motifs is 1. The summed E-state index contributed by atoms with van der Waals surface area (Å²) in [5.74, 6) is 0. The van der Waals surface area contributed by atoms with Crippen molar-refractivity contribution in [3.8, 4) is 0 Å². The van der Waals surface area contributed by atoms with E-state index in [2.05, 4.69) is 39.6 Å². The van der Waals surface area contributed by atoms with Gasteiger partial charge in [0.1, 0.15) is 0 Å². The van der Waals surface area contributed by atoms with Crippen molar-refractivity contribution in [1.82, 2.24) is 20.4 Å². The van der Waals surface area contributed by atoms with Gasteiger partial charge in [-0.1, -0.05) is 0 Å². The second-order valence-electron chi connectivity index (χ2n) is 8.10. The van der Waals surface area contributed by atoms with Gasteiger partial charge in [0, 0.05) is 36.7 Å². The Balaban J connectivity index is 1.24. The van der Waals surface area contributed by atoms with E-state index in [-0.39, 0.29) is 17.7 Å². The lowest BCUT2D eigenvalue weighted by molar-refractivity contribution is -0.0786. The third kappa shape index (κ3) is 4.09. The number of carbonyl (C=O) groups excluding carboxylic acids is 1. The molecule has 2 aliphatic rings. The molecule has 3 N–H and O–H groups in total. The molecular formula is C20H29N5O2. The fourth-order valence-electron chi connectivity index (χ4n) is 4.25. The van der Waals surface area contributed by atoms with Gasteiger partial charge in [-0.2, -0.15) is 5.10 Å². The number of likely N-dealkylation sites (tertiary alicyclic amines) is 1. The Hall–Kier alpha value is -2.12. The monoisotopic (exact) mass is 371 g/mol. The first kappa shape index (κ1) is 18.3. The van der Waals surface area contributed by atoms with Crippen LogP contribution in [0.3, 0.4) is 0 Å². The Labute approximate surface area is 159 Å². The number of H-pyrrole nitrogens is 1. The average molecular weight is 371 g/mol. The summed E-state index contributed by atoms with van der Waals surface area (Å²) in [6, 6.07) is 6.09. The number of carbonyl (C=O) groups is 1. The maximum atomic E-state index is 12.2. The van der Waals surface area contributed by atoms with E-state index in [1.807, 2.05) is 18.2 Å². The second-order valence-corrected chi connectivity index (χ2v) is 8.10. The van der Waals surface area contributed by atoms with Crippen LogP contribution in [0.15, 0.2) is 24.4 Å². The molecule has 1 aromatic carbocycles. The largest absolute Gasteiger partial charge is 0.370 e. The molecule has 0 saturated carbocycles. The molecule has 2 fully saturated rings. The third-order valence-electron chi connectivity index (χ3n) is 5.97. The normalized spacial score (nSPS) is 22.6. The maximum absolute atomic E-state index is 12.2. The molecule has 1 aromatic heterocycles. The summed E-state index contributed by atoms with van der Waals surface area (Å²) in [4.78, 5) is 14.7. The number of rotatable bonds is 4. The molecule has 0 aliphatic carbocycles. The van der Waals surface area contributed by atoms with Crippen LogP contribution in [0, 0.1) is 0 Å². The topological polar surface area (TPSA) is 82.3 Å². The number of piperidine rings is 1. The Bertz CT molecular complexity index is 795. The van der Waals surface area contributed by atoms with E-state index in [1.54, 1.807) is 6.20 Å². The number of nitrogens with one attached hydrogen (secondary N) is 3. The highest BCUT2D eigenvalue weighted by atomic mass is 16.5. The van der Waals surface area contributed by atoms with Crippen molar-refractivity contribution in [2.45, 2.75) is 57.3 Å². The Morgan fingerprint density at radius 1 is 1.37 bits per heavy atom. The van der Waals surface area contributed by atoms with Crippen LogP contribution in [0.2, 0.25) is 0 Å². The van der Waals surface area contributed by atoms with Crippen LogP contribution in [0.25, 0.3) is 10.9 Å². The minimum Gasteiger partial charge on any atom is -0.370 e. The number of aromatic amines is 1. The van der Waals surface area contributed by atoms with Gasteiger partial charge >= 0.3 is 6.03 Å². The fourth-order valence-corrected chi connectivity index (χ4v) is 4.25. The smallest absolute Gasteiger partial charge is 0.319 e. The number of hydrogen-bond donors (Lipinski definition) is 3. The molecule has 1 spiro atoms. The van der Waals surface area contributed by atoms with Gasteiger partial charge in [0.25, 0.3) is 0 Å². The van der Waals surface area contributed by atoms with Gasteiger partial charge < -0.3 is 20.3 Å². The zero-order chi connectivity index (χ0) is 18.9. The van der Waals surface area contributed by atoms with Gasteiger partial charge in [-0.25, -0.2) is 4.79 Å². The van der Waals surface area contributed by atoms with Crippen molar-refractivity contribution in [2.24, 2.45) is 0 Å². The fraction of sp³-hybridized carbons (Fsp3) is 0.600. The molecule has 4 rings (SSSR count). The number of urea groups is 1. The van der Waals surface area contributed by atoms with E-state index in [0.717, 1.165) is 55.4 Å². The number of nitrogens with zero attached hydrogens (tertiary/aromatic N) is 2. The molecule has 27 heavy (non-hydrogen) atoms. The van der Waals surface area contributed by atoms with Crippen molar-refractivity contribution < 1.29 is 9.53 Å². The van der Waals surface area contributed by atoms with Crippen LogP contribution >= 0.6 is 0 Å². The summed E-state index contributed by atoms with van der Waals surface area (Å²) in [6.45, 7) is 7.27. The lowest BCUT2D eigenvalue weighted by Gasteiger charge is -2.40. The van der Waals surface area contributed by atoms with Crippen molar-refractivity contribution in [2.75, 3.05) is 25.0 Å². The Morgan fingerprint density at radius 3 is 2.96 bits per heavy atom. The van der Waals surface area contributed by atoms with Gasteiger partial charge in [-0.05, 0) is 57.7 Å². The highest BCUT2D eigenvalue weighted by Crippen LogP contribution is 2.39. The number of hydrogen-bond acceptors (Lipinski definition) is 4. The minimum absolute atomic E-state index is 0.0276. The van der Waals surface area contributed by atoms with E-state index in [1.165, 1.54) is 0 Å². The summed E-state index contributed by atoms with van der Waals surface area (Å²) in [6.07, 6.45) is 6.18. The molecular weight excluding hydrogens is 342 g/mol. The van der Waals surface area contributed by atoms with Crippen molar-refractivity contribution >= 4 is 22.6 Å². The first-order chi connectivity index (χ1) is 13.0. The highest BCUT2D eigenvalue weighted by Gasteiger charge is 2.42. The average Bonchev–Trinajstić information content (AvgIpc) is 3.27. The van der Waals surface area contributed by atoms with Gasteiger partial charge in [-0.3, -0.25) is 5.10 Å². The summed E-state index contributed by atoms with van der Waals surface area (Å²) in [5.41, 5.74) is 1.68. The molecule has 1 unspecified atom stereocenters. The SMILES string of the molecule is CC(C)N1CCC2(CCC(CNC(=O)Nc3ccc4cn[nH]c4c3)O2)CC1. The van der Waals surface area contributed by atoms with Crippen LogP contribution in [-0.2, 0) is 4.74 Å². The highest BCUT2D eigenvalue weighted by molar-refractivity contribution is 5.92. The van der Waals surface area contributed by atoms with Gasteiger partial charge in [0.2, 0.25) is 0 Å². The lowest BCUT2D eigenvalue weighted by Crippen LogP contribution is -2.47. The zero-order valence-electron chi connectivity index (χ0n) is 16.1. The molecule has 0 bridgehead atoms. The third-order valence-corrected chi connectivity index (χ3v) is 5.97. The Morgan fingerprint density at radius 2 is 2.19 bits per heavy atom. The van der Waals surface area contributed by atoms with Crippen molar-refractivity contribution in [3.05, 3.63) is 24.4 Å². The van der Waals surface area contributed by atoms with Crippen LogP contribution in [0.4, 0.5) is 10.5 Å². The summed E-state index contributed by atoms with van der Waals surface area (Å²) >= 11 is 0. The molecule has 2 amide bonds. The van der Waals surface area contributed by atoms with E-state index in [9.17, 15) is 4.79 Å². The van der Waals surface area contributed by atoms with E-state index >= 15 is 0 Å². The first-order valence-corrected chi connectivity index (χ1v) is 9.93. The maximum Gasteiger partial charge on any atom is 0.319 e. The number of amides is 2. The summed E-state index contributed by atoms with van der Waals surface area (Å²) < 4.78 is 6.38. The van der Waals surface area contributed by atoms with Crippen molar-refractivity contribution in [1.29, 1.82) is 0 Å². The second kappa shape index (κ2) is 7.48. The van der Waals surface area contributed by atoms with Crippen LogP contribution in [0.5, 0.6) is 0 Å². The van der Waals surface area contributed by atoms with Gasteiger partial charge in [0.05, 0.1) is 23.4 Å². The van der Waals surface area contributed by atoms with Crippen molar-refractivity contribution in [3.63, 3.8) is 0 Å². The van der Waals surface area contributed by atoms with Crippen LogP contribution in [-0.4, -0.2) is 58.5 Å². The minimum atomic E-state index is -0.201. The van der Waals surface area contributed by atoms with E-state index in [0.29, 0.717) is 12.6 Å². The molecule has 2 saturated heterocycles. The number of anilines is 1. The zero-order valence-corrected chi connectivity index (χ0v) is 16.1. The van der Waals surface area contributed by atoms with Gasteiger partial charge in [-0.15, -0.1) is 0 Å². The number of benzene rings is 1. The molecule has 2 aliphatic heterocycles. The molecule has 1 atom stereocenters. The molecule has 7 nitrogen and oxygen atoms in total. The first-order valence-electron chi connectivity index (χ1n) is 9.93. The quantitative estimate of drug-likeness (QED) is 0.771. The molecule has 7 heteroatoms. The van der Waals surface area contributed by atoms with E-state index in [4.69, 9.17) is 4.74 Å². The summed E-state index contributed by atoms with van der Waals surface area (Å²) in [7, 11) is 0. The van der Waals surface area contributed by atoms with Crippen LogP contribution < -0.4 is 10.6 Å². The Kier molecular flexibility index (Phi) is 5.06. The van der Waals surface area contributed by atoms with Gasteiger partial charge in [0.15, 0.2) is 0 Å². The molecule has 0 radical (unpaired) electrons. The standard InChI is InChI=1S/C20H29N5O2/c1-14(2)25-9-7-20(8-10-25)6-5-17(27-20)13-21-19(26)23-16-4-3-15-12-22-24-18(15)11-16/h3-4,11-12,14,17H,5-10,13H2,1-2H3,(H,22,24)(H2,21,23,26). The molecule has 2 aromatic rings. The molecule has 146 valence electrons. The lowest BCUT2D eigenvalue weighted by atomic mass is 9.88.